The summed E-state index contributed by atoms with van der Waals surface area (Å²) in [5.74, 6) is -27.8. The van der Waals surface area contributed by atoms with Crippen LogP contribution in [-0.4, -0.2) is 35.8 Å². The molecule has 0 saturated heterocycles. The topological polar surface area (TPSA) is 40.1 Å². The van der Waals surface area contributed by atoms with Crippen LogP contribution >= 0.6 is 0 Å². The van der Waals surface area contributed by atoms with Crippen LogP contribution in [0.2, 0.25) is 0 Å². The zero-order valence-electron chi connectivity index (χ0n) is 11.1. The molecule has 0 bridgehead atoms. The van der Waals surface area contributed by atoms with Crippen molar-refractivity contribution >= 4 is 5.97 Å². The third-order valence-electron chi connectivity index (χ3n) is 2.49. The summed E-state index contributed by atoms with van der Waals surface area (Å²) in [4.78, 5) is 9.80. The van der Waals surface area contributed by atoms with Gasteiger partial charge >= 0.3 is 75.3 Å². The molecule has 0 aliphatic heterocycles. The number of aliphatic carboxylic acids is 1. The number of hydrogen-bond acceptors (Lipinski definition) is 2. The molecule has 0 fully saturated rings. The number of alkyl halides is 11. The van der Waals surface area contributed by atoms with Crippen molar-refractivity contribution in [3.05, 3.63) is 0 Å². The van der Waals surface area contributed by atoms with Gasteiger partial charge in [0.15, 0.2) is 0 Å². The van der Waals surface area contributed by atoms with Gasteiger partial charge in [0.05, 0.1) is 0 Å². The smallest absolute Gasteiger partial charge is 0.544 e. The Bertz CT molecular complexity index is 418. The summed E-state index contributed by atoms with van der Waals surface area (Å²) in [5.41, 5.74) is 0. The molecule has 0 aliphatic carbocycles. The van der Waals surface area contributed by atoms with Gasteiger partial charge in [0.1, 0.15) is 5.97 Å². The van der Waals surface area contributed by atoms with Gasteiger partial charge in [0, 0.05) is 12.8 Å². The van der Waals surface area contributed by atoms with Crippen LogP contribution in [0.15, 0.2) is 0 Å². The van der Waals surface area contributed by atoms with E-state index in [4.69, 9.17) is 0 Å². The molecule has 0 amide bonds. The van der Waals surface area contributed by atoms with E-state index in [9.17, 15) is 58.2 Å². The Balaban J connectivity index is 0. The summed E-state index contributed by atoms with van der Waals surface area (Å²) < 4.78 is 136. The van der Waals surface area contributed by atoms with Crippen molar-refractivity contribution in [3.8, 4) is 0 Å². The summed E-state index contributed by atoms with van der Waals surface area (Å²) in [5, 5.41) is 9.80. The Morgan fingerprint density at radius 1 is 0.739 bits per heavy atom. The minimum absolute atomic E-state index is 0. The Labute approximate surface area is 163 Å². The molecule has 0 atom stereocenters. The second kappa shape index (κ2) is 7.70. The van der Waals surface area contributed by atoms with Gasteiger partial charge in [-0.15, -0.1) is 0 Å². The van der Waals surface area contributed by atoms with Crippen molar-refractivity contribution in [1.82, 2.24) is 0 Å². The average molecular weight is 394 g/mol. The minimum atomic E-state index is -7.11. The third-order valence-corrected chi connectivity index (χ3v) is 2.49. The molecule has 0 unspecified atom stereocenters. The molecular weight excluding hydrogens is 388 g/mol. The van der Waals surface area contributed by atoms with Crippen LogP contribution in [-0.2, 0) is 4.79 Å². The molecule has 0 heterocycles. The molecule has 0 N–H and O–H groups in total. The maximum atomic E-state index is 12.9. The van der Waals surface area contributed by atoms with E-state index in [2.05, 4.69) is 0 Å². The Kier molecular flexibility index (Phi) is 8.56. The van der Waals surface area contributed by atoms with Crippen molar-refractivity contribution < 1.29 is 110 Å². The molecule has 0 aromatic heterocycles. The van der Waals surface area contributed by atoms with Crippen LogP contribution in [0.1, 0.15) is 19.3 Å². The van der Waals surface area contributed by atoms with Gasteiger partial charge in [-0.1, -0.05) is 0 Å². The number of halogens is 11. The van der Waals surface area contributed by atoms with Gasteiger partial charge < -0.3 is 9.90 Å². The number of carboxylic acid groups (broad SMARTS) is 1. The quantitative estimate of drug-likeness (QED) is 0.451. The molecule has 0 radical (unpaired) electrons. The second-order valence-electron chi connectivity index (χ2n) is 4.20. The first-order valence-corrected chi connectivity index (χ1v) is 5.19. The molecule has 0 aromatic carbocycles. The third kappa shape index (κ3) is 5.41. The van der Waals surface area contributed by atoms with Crippen LogP contribution in [0.3, 0.4) is 0 Å². The van der Waals surface area contributed by atoms with Gasteiger partial charge in [-0.2, -0.15) is 39.5 Å². The summed E-state index contributed by atoms with van der Waals surface area (Å²) in [6.45, 7) is 0. The van der Waals surface area contributed by atoms with Crippen LogP contribution in [0, 0.1) is 0 Å². The van der Waals surface area contributed by atoms with Crippen molar-refractivity contribution in [3.63, 3.8) is 0 Å². The molecule has 2 nitrogen and oxygen atoms in total. The largest absolute Gasteiger partial charge is 1.00 e. The first-order chi connectivity index (χ1) is 9.40. The zero-order chi connectivity index (χ0) is 18.2. The standard InChI is InChI=1S/C9H7F11O2.K/c10-5(11,4(21)22)2-1-3-6(12,13)7(14,15)8(16,17)9(18,19)20;/h1-3H2,(H,21,22);/q;+1/p-1. The average Bonchev–Trinajstić information content (AvgIpc) is 2.25. The van der Waals surface area contributed by atoms with E-state index in [1.807, 2.05) is 0 Å². The maximum absolute atomic E-state index is 12.9. The van der Waals surface area contributed by atoms with Gasteiger partial charge in [-0.25, -0.2) is 8.78 Å². The molecule has 14 heteroatoms. The fraction of sp³-hybridized carbons (Fsp3) is 0.889. The fourth-order valence-electron chi connectivity index (χ4n) is 1.20. The number of hydrogen-bond donors (Lipinski definition) is 0. The van der Waals surface area contributed by atoms with Crippen LogP contribution in [0.4, 0.5) is 48.3 Å². The number of carboxylic acids is 1. The predicted octanol–water partition coefficient (Wildman–Crippen LogP) is 0.0141. The van der Waals surface area contributed by atoms with Crippen molar-refractivity contribution in [1.29, 1.82) is 0 Å². The number of carbonyl (C=O) groups is 1. The van der Waals surface area contributed by atoms with Gasteiger partial charge in [0.2, 0.25) is 0 Å². The van der Waals surface area contributed by atoms with Crippen molar-refractivity contribution in [2.24, 2.45) is 0 Å². The predicted molar refractivity (Wildman–Crippen MR) is 44.7 cm³/mol. The molecule has 0 rings (SSSR count). The summed E-state index contributed by atoms with van der Waals surface area (Å²) in [6.07, 6.45) is -13.3. The monoisotopic (exact) mass is 394 g/mol. The first kappa shape index (κ1) is 25.6. The van der Waals surface area contributed by atoms with Crippen LogP contribution < -0.4 is 56.5 Å². The fourth-order valence-corrected chi connectivity index (χ4v) is 1.20. The molecular formula is C9H6F11KO2. The summed E-state index contributed by atoms with van der Waals surface area (Å²) >= 11 is 0. The van der Waals surface area contributed by atoms with Crippen molar-refractivity contribution in [2.45, 2.75) is 49.1 Å². The Morgan fingerprint density at radius 2 is 1.13 bits per heavy atom. The molecule has 0 aliphatic rings. The molecule has 0 aromatic rings. The van der Waals surface area contributed by atoms with E-state index in [0.29, 0.717) is 0 Å². The van der Waals surface area contributed by atoms with Gasteiger partial charge in [-0.05, 0) is 6.42 Å². The second-order valence-corrected chi connectivity index (χ2v) is 4.20. The Hall–Kier alpha value is 0.336. The summed E-state index contributed by atoms with van der Waals surface area (Å²) in [7, 11) is 0. The van der Waals surface area contributed by atoms with E-state index in [1.54, 1.807) is 0 Å². The van der Waals surface area contributed by atoms with E-state index < -0.39 is 55.1 Å². The van der Waals surface area contributed by atoms with E-state index in [1.165, 1.54) is 0 Å². The summed E-state index contributed by atoms with van der Waals surface area (Å²) in [6, 6.07) is 0. The maximum Gasteiger partial charge on any atom is 1.00 e. The van der Waals surface area contributed by atoms with E-state index in [0.717, 1.165) is 0 Å². The molecule has 132 valence electrons. The zero-order valence-corrected chi connectivity index (χ0v) is 14.2. The van der Waals surface area contributed by atoms with Gasteiger partial charge in [0.25, 0.3) is 5.92 Å². The van der Waals surface area contributed by atoms with Gasteiger partial charge in [-0.3, -0.25) is 0 Å². The Morgan fingerprint density at radius 3 is 1.43 bits per heavy atom. The molecule has 0 spiro atoms. The van der Waals surface area contributed by atoms with E-state index in [-0.39, 0.29) is 51.4 Å². The molecule has 0 saturated carbocycles. The van der Waals surface area contributed by atoms with Crippen LogP contribution in [0.5, 0.6) is 0 Å². The molecule has 23 heavy (non-hydrogen) atoms. The number of rotatable bonds is 7. The number of carbonyl (C=O) groups excluding carboxylic acids is 1. The minimum Gasteiger partial charge on any atom is -0.544 e. The van der Waals surface area contributed by atoms with Crippen LogP contribution in [0.25, 0.3) is 0 Å². The first-order valence-electron chi connectivity index (χ1n) is 5.19. The normalized spacial score (nSPS) is 14.4. The van der Waals surface area contributed by atoms with E-state index >= 15 is 0 Å². The SMILES string of the molecule is O=C([O-])C(F)(F)CCCC(F)(F)C(F)(F)C(F)(F)C(F)(F)F.[K+]. The van der Waals surface area contributed by atoms with Crippen molar-refractivity contribution in [2.75, 3.05) is 0 Å².